The molecule has 0 aliphatic carbocycles. The van der Waals surface area contributed by atoms with Crippen LogP contribution in [-0.2, 0) is 18.0 Å². The van der Waals surface area contributed by atoms with Crippen LogP contribution in [0.1, 0.15) is 77.6 Å². The molecule has 0 amide bonds. The second-order valence-corrected chi connectivity index (χ2v) is 8.64. The summed E-state index contributed by atoms with van der Waals surface area (Å²) in [4.78, 5) is 0. The van der Waals surface area contributed by atoms with E-state index in [0.717, 1.165) is 12.8 Å². The van der Waals surface area contributed by atoms with Crippen molar-refractivity contribution in [1.29, 1.82) is 0 Å². The molecule has 0 aromatic carbocycles. The molecule has 0 saturated carbocycles. The maximum absolute atomic E-state index is 5.87. The third-order valence-corrected chi connectivity index (χ3v) is 6.40. The van der Waals surface area contributed by atoms with Gasteiger partial charge < -0.3 is 18.0 Å². The molecule has 0 rings (SSSR count). The molecule has 1 atom stereocenters. The highest BCUT2D eigenvalue weighted by Gasteiger charge is 2.38. The van der Waals surface area contributed by atoms with Gasteiger partial charge in [-0.05, 0) is 18.5 Å². The van der Waals surface area contributed by atoms with Gasteiger partial charge in [0.25, 0.3) is 0 Å². The molecule has 0 aromatic rings. The van der Waals surface area contributed by atoms with Crippen molar-refractivity contribution in [2.45, 2.75) is 83.8 Å². The van der Waals surface area contributed by atoms with Crippen LogP contribution in [0, 0.1) is 0 Å². The predicted molar refractivity (Wildman–Crippen MR) is 98.3 cm³/mol. The minimum atomic E-state index is -2.76. The lowest BCUT2D eigenvalue weighted by molar-refractivity contribution is -0.0958. The van der Waals surface area contributed by atoms with Crippen molar-refractivity contribution >= 4 is 8.80 Å². The van der Waals surface area contributed by atoms with Gasteiger partial charge in [-0.3, -0.25) is 0 Å². The molecule has 0 bridgehead atoms. The fourth-order valence-corrected chi connectivity index (χ4v) is 3.97. The maximum Gasteiger partial charge on any atom is 0.530 e. The molecule has 0 aliphatic heterocycles. The van der Waals surface area contributed by atoms with Crippen LogP contribution in [0.4, 0.5) is 0 Å². The smallest absolute Gasteiger partial charge is 0.374 e. The average molecular weight is 347 g/mol. The van der Waals surface area contributed by atoms with E-state index in [1.165, 1.54) is 57.8 Å². The minimum absolute atomic E-state index is 0.284. The lowest BCUT2D eigenvalue weighted by atomic mass is 10.1. The number of methoxy groups -OCH3 is 1. The van der Waals surface area contributed by atoms with Gasteiger partial charge in [0.2, 0.25) is 0 Å². The number of unbranched alkanes of at least 4 members (excludes halogenated alkanes) is 9. The Kier molecular flexibility index (Phi) is 15.2. The first-order chi connectivity index (χ1) is 11.2. The maximum atomic E-state index is 5.87. The van der Waals surface area contributed by atoms with Gasteiger partial charge in [0.1, 0.15) is 0 Å². The van der Waals surface area contributed by atoms with E-state index in [0.29, 0.717) is 0 Å². The van der Waals surface area contributed by atoms with Gasteiger partial charge in [-0.2, -0.15) is 0 Å². The van der Waals surface area contributed by atoms with Crippen molar-refractivity contribution in [3.63, 3.8) is 0 Å². The standard InChI is InChI=1S/C18H38O4Si/c1-6-8-9-10-11-12-13-14-15-16-17-18(19-3)22-23(7-2,20-4)21-5/h7,18H,2,6,8-17H2,1,3-5H3. The minimum Gasteiger partial charge on any atom is -0.374 e. The number of hydrogen-bond acceptors (Lipinski definition) is 4. The van der Waals surface area contributed by atoms with Gasteiger partial charge in [0.05, 0.1) is 0 Å². The second-order valence-electron chi connectivity index (χ2n) is 5.97. The Hall–Kier alpha value is -0.203. The molecule has 0 aliphatic rings. The van der Waals surface area contributed by atoms with Crippen LogP contribution in [0.3, 0.4) is 0 Å². The number of rotatable bonds is 17. The molecule has 0 spiro atoms. The Morgan fingerprint density at radius 1 is 0.826 bits per heavy atom. The summed E-state index contributed by atoms with van der Waals surface area (Å²) in [6.07, 6.45) is 13.8. The number of hydrogen-bond donors (Lipinski definition) is 0. The van der Waals surface area contributed by atoms with Crippen LogP contribution in [0.15, 0.2) is 12.3 Å². The Morgan fingerprint density at radius 2 is 1.30 bits per heavy atom. The molecule has 138 valence electrons. The monoisotopic (exact) mass is 346 g/mol. The third kappa shape index (κ3) is 11.1. The van der Waals surface area contributed by atoms with E-state index < -0.39 is 8.80 Å². The Balaban J connectivity index is 3.70. The average Bonchev–Trinajstić information content (AvgIpc) is 2.60. The summed E-state index contributed by atoms with van der Waals surface area (Å²) in [5.41, 5.74) is 1.64. The van der Waals surface area contributed by atoms with Gasteiger partial charge in [-0.25, -0.2) is 0 Å². The fourth-order valence-electron chi connectivity index (χ4n) is 2.60. The van der Waals surface area contributed by atoms with Gasteiger partial charge in [0.15, 0.2) is 6.29 Å². The van der Waals surface area contributed by atoms with Crippen molar-refractivity contribution in [3.8, 4) is 0 Å². The summed E-state index contributed by atoms with van der Waals surface area (Å²) in [5.74, 6) is 0. The molecule has 0 aromatic heterocycles. The SMILES string of the molecule is C=C[Si](OC)(OC)OC(CCCCCCCCCCCC)OC. The van der Waals surface area contributed by atoms with Gasteiger partial charge in [-0.1, -0.05) is 71.3 Å². The molecule has 5 heteroatoms. The Labute approximate surface area is 144 Å². The highest BCUT2D eigenvalue weighted by atomic mass is 28.4. The molecule has 0 radical (unpaired) electrons. The first-order valence-corrected chi connectivity index (χ1v) is 10.9. The van der Waals surface area contributed by atoms with Crippen LogP contribution in [0.2, 0.25) is 0 Å². The molecule has 0 saturated heterocycles. The molecule has 1 unspecified atom stereocenters. The molecular formula is C18H38O4Si. The van der Waals surface area contributed by atoms with E-state index in [-0.39, 0.29) is 6.29 Å². The lowest BCUT2D eigenvalue weighted by Gasteiger charge is -2.27. The summed E-state index contributed by atoms with van der Waals surface area (Å²) in [6, 6.07) is 0. The quantitative estimate of drug-likeness (QED) is 0.205. The van der Waals surface area contributed by atoms with E-state index in [1.807, 2.05) is 0 Å². The van der Waals surface area contributed by atoms with Crippen LogP contribution in [0.5, 0.6) is 0 Å². The molecule has 0 N–H and O–H groups in total. The molecular weight excluding hydrogens is 308 g/mol. The van der Waals surface area contributed by atoms with E-state index >= 15 is 0 Å². The zero-order valence-corrected chi connectivity index (χ0v) is 16.8. The van der Waals surface area contributed by atoms with E-state index in [4.69, 9.17) is 18.0 Å². The Morgan fingerprint density at radius 3 is 1.70 bits per heavy atom. The van der Waals surface area contributed by atoms with Crippen molar-refractivity contribution in [1.82, 2.24) is 0 Å². The molecule has 4 nitrogen and oxygen atoms in total. The highest BCUT2D eigenvalue weighted by Crippen LogP contribution is 2.17. The summed E-state index contributed by atoms with van der Waals surface area (Å²) >= 11 is 0. The van der Waals surface area contributed by atoms with Crippen molar-refractivity contribution in [2.75, 3.05) is 21.3 Å². The van der Waals surface area contributed by atoms with Crippen molar-refractivity contribution in [3.05, 3.63) is 12.3 Å². The Bertz CT molecular complexity index is 270. The number of ether oxygens (including phenoxy) is 1. The van der Waals surface area contributed by atoms with Crippen LogP contribution >= 0.6 is 0 Å². The summed E-state index contributed by atoms with van der Waals surface area (Å²) in [6.45, 7) is 6.01. The van der Waals surface area contributed by atoms with Gasteiger partial charge in [0, 0.05) is 21.3 Å². The normalized spacial score (nSPS) is 13.2. The van der Waals surface area contributed by atoms with Crippen molar-refractivity contribution in [2.24, 2.45) is 0 Å². The largest absolute Gasteiger partial charge is 0.530 e. The van der Waals surface area contributed by atoms with E-state index in [1.54, 1.807) is 27.0 Å². The molecule has 23 heavy (non-hydrogen) atoms. The van der Waals surface area contributed by atoms with Gasteiger partial charge in [-0.15, -0.1) is 0 Å². The topological polar surface area (TPSA) is 36.9 Å². The third-order valence-electron chi connectivity index (χ3n) is 4.17. The van der Waals surface area contributed by atoms with Crippen LogP contribution in [-0.4, -0.2) is 36.4 Å². The van der Waals surface area contributed by atoms with Crippen LogP contribution in [0.25, 0.3) is 0 Å². The summed E-state index contributed by atoms with van der Waals surface area (Å²) < 4.78 is 22.0. The fraction of sp³-hybridized carbons (Fsp3) is 0.889. The zero-order chi connectivity index (χ0) is 17.4. The predicted octanol–water partition coefficient (Wildman–Crippen LogP) is 5.24. The van der Waals surface area contributed by atoms with Crippen molar-refractivity contribution < 1.29 is 18.0 Å². The molecule has 0 heterocycles. The van der Waals surface area contributed by atoms with Gasteiger partial charge >= 0.3 is 8.80 Å². The summed E-state index contributed by atoms with van der Waals surface area (Å²) in [5, 5.41) is 0. The molecule has 0 fully saturated rings. The first kappa shape index (κ1) is 22.8. The summed E-state index contributed by atoms with van der Waals surface area (Å²) in [7, 11) is 2.08. The van der Waals surface area contributed by atoms with E-state index in [2.05, 4.69) is 13.5 Å². The van der Waals surface area contributed by atoms with E-state index in [9.17, 15) is 0 Å². The zero-order valence-electron chi connectivity index (χ0n) is 15.8. The first-order valence-electron chi connectivity index (χ1n) is 9.12. The van der Waals surface area contributed by atoms with Crippen LogP contribution < -0.4 is 0 Å². The lowest BCUT2D eigenvalue weighted by Crippen LogP contribution is -2.45. The highest BCUT2D eigenvalue weighted by molar-refractivity contribution is 6.66. The second kappa shape index (κ2) is 15.3.